The van der Waals surface area contributed by atoms with E-state index in [2.05, 4.69) is 4.99 Å². The number of carbonyl (C=O) groups excluding carboxylic acids is 2. The van der Waals surface area contributed by atoms with Crippen molar-refractivity contribution in [3.8, 4) is 11.5 Å². The van der Waals surface area contributed by atoms with E-state index >= 15 is 0 Å². The fourth-order valence-electron chi connectivity index (χ4n) is 3.11. The Kier molecular flexibility index (Phi) is 5.82. The molecule has 30 heavy (non-hydrogen) atoms. The Hall–Kier alpha value is -3.17. The molecule has 0 spiro atoms. The van der Waals surface area contributed by atoms with Crippen LogP contribution in [0.25, 0.3) is 10.2 Å². The zero-order chi connectivity index (χ0) is 21.1. The molecule has 156 valence electrons. The molecule has 3 aromatic rings. The summed E-state index contributed by atoms with van der Waals surface area (Å²) in [5, 5.41) is 0. The predicted molar refractivity (Wildman–Crippen MR) is 110 cm³/mol. The third kappa shape index (κ3) is 3.94. The van der Waals surface area contributed by atoms with Crippen LogP contribution < -0.4 is 14.3 Å². The largest absolute Gasteiger partial charge is 0.485 e. The summed E-state index contributed by atoms with van der Waals surface area (Å²) in [6.07, 6.45) is -0.827. The monoisotopic (exact) mass is 428 g/mol. The van der Waals surface area contributed by atoms with E-state index < -0.39 is 18.0 Å². The first-order valence-electron chi connectivity index (χ1n) is 9.28. The molecule has 2 aromatic carbocycles. The van der Waals surface area contributed by atoms with Crippen molar-refractivity contribution in [2.75, 3.05) is 27.4 Å². The van der Waals surface area contributed by atoms with Crippen LogP contribution in [-0.2, 0) is 20.8 Å². The number of benzene rings is 2. The summed E-state index contributed by atoms with van der Waals surface area (Å²) in [6.45, 7) is 1.04. The molecule has 1 unspecified atom stereocenters. The highest BCUT2D eigenvalue weighted by Gasteiger charge is 2.27. The molecule has 8 nitrogen and oxygen atoms in total. The molecule has 1 atom stereocenters. The average molecular weight is 428 g/mol. The fraction of sp³-hybridized carbons (Fsp3) is 0.286. The summed E-state index contributed by atoms with van der Waals surface area (Å²) in [5.41, 5.74) is 1.28. The molecule has 2 heterocycles. The molecule has 0 fully saturated rings. The Morgan fingerprint density at radius 2 is 2.00 bits per heavy atom. The van der Waals surface area contributed by atoms with E-state index in [1.54, 1.807) is 31.4 Å². The van der Waals surface area contributed by atoms with E-state index in [-0.39, 0.29) is 6.61 Å². The number of amides is 1. The van der Waals surface area contributed by atoms with E-state index in [1.165, 1.54) is 18.4 Å². The van der Waals surface area contributed by atoms with E-state index in [4.69, 9.17) is 18.9 Å². The first-order valence-corrected chi connectivity index (χ1v) is 10.1. The molecule has 0 bridgehead atoms. The van der Waals surface area contributed by atoms with Crippen molar-refractivity contribution in [2.24, 2.45) is 4.99 Å². The summed E-state index contributed by atoms with van der Waals surface area (Å²) in [7, 11) is 2.95. The highest BCUT2D eigenvalue weighted by atomic mass is 32.1. The van der Waals surface area contributed by atoms with Gasteiger partial charge in [-0.25, -0.2) is 4.79 Å². The normalized spacial score (nSPS) is 15.9. The lowest BCUT2D eigenvalue weighted by Gasteiger charge is -2.23. The van der Waals surface area contributed by atoms with Gasteiger partial charge in [-0.3, -0.25) is 4.79 Å². The van der Waals surface area contributed by atoms with Crippen molar-refractivity contribution in [3.05, 3.63) is 52.8 Å². The number of methoxy groups -OCH3 is 2. The summed E-state index contributed by atoms with van der Waals surface area (Å²) < 4.78 is 24.1. The molecule has 1 aliphatic heterocycles. The van der Waals surface area contributed by atoms with E-state index in [9.17, 15) is 9.59 Å². The molecular weight excluding hydrogens is 408 g/mol. The number of hydrogen-bond donors (Lipinski definition) is 0. The third-order valence-corrected chi connectivity index (χ3v) is 5.65. The molecular formula is C21H20N2O6S. The van der Waals surface area contributed by atoms with Gasteiger partial charge in [0, 0.05) is 13.7 Å². The number of ether oxygens (including phenoxy) is 4. The zero-order valence-electron chi connectivity index (χ0n) is 16.5. The van der Waals surface area contributed by atoms with Crippen LogP contribution in [0.3, 0.4) is 0 Å². The van der Waals surface area contributed by atoms with E-state index in [0.717, 1.165) is 10.2 Å². The van der Waals surface area contributed by atoms with Crippen molar-refractivity contribution in [1.82, 2.24) is 4.57 Å². The maximum Gasteiger partial charge on any atom is 0.337 e. The van der Waals surface area contributed by atoms with Gasteiger partial charge in [-0.1, -0.05) is 23.5 Å². The summed E-state index contributed by atoms with van der Waals surface area (Å²) in [5.74, 6) is 0.266. The molecule has 9 heteroatoms. The van der Waals surface area contributed by atoms with Gasteiger partial charge in [0.15, 0.2) is 16.3 Å². The molecule has 0 N–H and O–H groups in total. The quantitative estimate of drug-likeness (QED) is 0.580. The lowest BCUT2D eigenvalue weighted by molar-refractivity contribution is -0.127. The highest BCUT2D eigenvalue weighted by Crippen LogP contribution is 2.31. The van der Waals surface area contributed by atoms with Gasteiger partial charge in [-0.05, 0) is 30.3 Å². The Balaban J connectivity index is 1.70. The zero-order valence-corrected chi connectivity index (χ0v) is 17.3. The number of nitrogens with zero attached hydrogens (tertiary/aromatic N) is 2. The van der Waals surface area contributed by atoms with Gasteiger partial charge < -0.3 is 23.5 Å². The number of esters is 1. The fourth-order valence-corrected chi connectivity index (χ4v) is 4.21. The van der Waals surface area contributed by atoms with Gasteiger partial charge in [0.2, 0.25) is 6.10 Å². The molecule has 1 amide bonds. The summed E-state index contributed by atoms with van der Waals surface area (Å²) in [4.78, 5) is 29.5. The smallest absolute Gasteiger partial charge is 0.337 e. The number of hydrogen-bond acceptors (Lipinski definition) is 7. The SMILES string of the molecule is COCCn1c(=NC(=O)C2COc3ccccc3O2)sc2cc(C(=O)OC)ccc21. The second-order valence-electron chi connectivity index (χ2n) is 6.52. The van der Waals surface area contributed by atoms with Crippen LogP contribution in [0, 0.1) is 0 Å². The number of aromatic nitrogens is 1. The average Bonchev–Trinajstić information content (AvgIpc) is 3.12. The van der Waals surface area contributed by atoms with Crippen LogP contribution in [0.15, 0.2) is 47.5 Å². The van der Waals surface area contributed by atoms with Gasteiger partial charge in [-0.2, -0.15) is 4.99 Å². The van der Waals surface area contributed by atoms with Crippen LogP contribution in [-0.4, -0.2) is 50.0 Å². The van der Waals surface area contributed by atoms with Crippen molar-refractivity contribution in [3.63, 3.8) is 0 Å². The lowest BCUT2D eigenvalue weighted by atomic mass is 10.2. The molecule has 0 saturated carbocycles. The molecule has 0 radical (unpaired) electrons. The van der Waals surface area contributed by atoms with E-state index in [1.807, 2.05) is 22.8 Å². The van der Waals surface area contributed by atoms with Crippen molar-refractivity contribution >= 4 is 33.4 Å². The molecule has 0 aliphatic carbocycles. The number of para-hydroxylation sites is 2. The highest BCUT2D eigenvalue weighted by molar-refractivity contribution is 7.16. The summed E-state index contributed by atoms with van der Waals surface area (Å²) in [6, 6.07) is 12.4. The number of carbonyl (C=O) groups is 2. The first kappa shape index (κ1) is 20.1. The predicted octanol–water partition coefficient (Wildman–Crippen LogP) is 2.40. The van der Waals surface area contributed by atoms with Crippen molar-refractivity contribution < 1.29 is 28.5 Å². The van der Waals surface area contributed by atoms with Gasteiger partial charge in [0.25, 0.3) is 5.91 Å². The van der Waals surface area contributed by atoms with Gasteiger partial charge in [0.1, 0.15) is 6.61 Å². The van der Waals surface area contributed by atoms with E-state index in [0.29, 0.717) is 35.0 Å². The standard InChI is InChI=1S/C21H20N2O6S/c1-26-10-9-23-14-8-7-13(20(25)27-2)11-18(14)30-21(23)22-19(24)17-12-28-15-5-3-4-6-16(15)29-17/h3-8,11,17H,9-10,12H2,1-2H3. The second kappa shape index (κ2) is 8.68. The maximum atomic E-state index is 12.8. The number of thiazole rings is 1. The molecule has 1 aliphatic rings. The molecule has 4 rings (SSSR count). The molecule has 0 saturated heterocycles. The first-order chi connectivity index (χ1) is 14.6. The van der Waals surface area contributed by atoms with Gasteiger partial charge in [0.05, 0.1) is 29.5 Å². The Bertz CT molecular complexity index is 1170. The Morgan fingerprint density at radius 1 is 1.20 bits per heavy atom. The molecule has 1 aromatic heterocycles. The minimum atomic E-state index is -0.827. The number of rotatable bonds is 5. The Labute approximate surface area is 176 Å². The van der Waals surface area contributed by atoms with Gasteiger partial charge >= 0.3 is 5.97 Å². The maximum absolute atomic E-state index is 12.8. The third-order valence-electron chi connectivity index (χ3n) is 4.61. The van der Waals surface area contributed by atoms with Crippen molar-refractivity contribution in [2.45, 2.75) is 12.6 Å². The lowest BCUT2D eigenvalue weighted by Crippen LogP contribution is -2.37. The van der Waals surface area contributed by atoms with Crippen LogP contribution in [0.5, 0.6) is 11.5 Å². The van der Waals surface area contributed by atoms with Crippen LogP contribution in [0.2, 0.25) is 0 Å². The van der Waals surface area contributed by atoms with Crippen LogP contribution >= 0.6 is 11.3 Å². The Morgan fingerprint density at radius 3 is 2.77 bits per heavy atom. The van der Waals surface area contributed by atoms with Gasteiger partial charge in [-0.15, -0.1) is 0 Å². The van der Waals surface area contributed by atoms with Crippen LogP contribution in [0.1, 0.15) is 10.4 Å². The minimum Gasteiger partial charge on any atom is -0.485 e. The van der Waals surface area contributed by atoms with Crippen molar-refractivity contribution in [1.29, 1.82) is 0 Å². The number of fused-ring (bicyclic) bond motifs is 2. The topological polar surface area (TPSA) is 88.4 Å². The second-order valence-corrected chi connectivity index (χ2v) is 7.53. The minimum absolute atomic E-state index is 0.0921. The summed E-state index contributed by atoms with van der Waals surface area (Å²) >= 11 is 1.31. The van der Waals surface area contributed by atoms with Crippen LogP contribution in [0.4, 0.5) is 0 Å².